The summed E-state index contributed by atoms with van der Waals surface area (Å²) in [5, 5.41) is 0. The molecule has 1 aliphatic carbocycles. The molecule has 0 spiro atoms. The van der Waals surface area contributed by atoms with Gasteiger partial charge in [-0.05, 0) is 51.6 Å². The Hall–Kier alpha value is -0.770. The number of rotatable bonds is 3. The predicted molar refractivity (Wildman–Crippen MR) is 90.5 cm³/mol. The third-order valence-electron chi connectivity index (χ3n) is 5.66. The van der Waals surface area contributed by atoms with Crippen LogP contribution in [0.1, 0.15) is 52.4 Å². The summed E-state index contributed by atoms with van der Waals surface area (Å²) in [5.74, 6) is 2.40. The first-order chi connectivity index (χ1) is 9.93. The van der Waals surface area contributed by atoms with Crippen LogP contribution < -0.4 is 5.73 Å². The quantitative estimate of drug-likeness (QED) is 0.642. The number of hydrogen-bond donors (Lipinski definition) is 1. The average molecular weight is 294 g/mol. The Labute approximate surface area is 130 Å². The summed E-state index contributed by atoms with van der Waals surface area (Å²) in [4.78, 5) is 9.46. The van der Waals surface area contributed by atoms with Gasteiger partial charge >= 0.3 is 0 Å². The summed E-state index contributed by atoms with van der Waals surface area (Å²) in [6.07, 6.45) is 7.65. The summed E-state index contributed by atoms with van der Waals surface area (Å²) in [6.45, 7) is 7.69. The first-order valence-corrected chi connectivity index (χ1v) is 8.65. The van der Waals surface area contributed by atoms with Crippen LogP contribution >= 0.6 is 0 Å². The zero-order chi connectivity index (χ0) is 15.5. The Bertz CT molecular complexity index is 358. The van der Waals surface area contributed by atoms with Crippen LogP contribution in [0.2, 0.25) is 0 Å². The molecule has 2 aliphatic rings. The highest BCUT2D eigenvalue weighted by Crippen LogP contribution is 2.36. The van der Waals surface area contributed by atoms with E-state index >= 15 is 0 Å². The summed E-state index contributed by atoms with van der Waals surface area (Å²) < 4.78 is 0. The molecule has 0 aromatic heterocycles. The fraction of sp³-hybridized carbons (Fsp3) is 0.941. The maximum absolute atomic E-state index is 6.26. The Balaban J connectivity index is 1.98. The molecule has 1 heterocycles. The van der Waals surface area contributed by atoms with Crippen LogP contribution in [-0.2, 0) is 0 Å². The normalized spacial score (nSPS) is 32.7. The lowest BCUT2D eigenvalue weighted by Crippen LogP contribution is -2.51. The second kappa shape index (κ2) is 6.99. The molecule has 2 unspecified atom stereocenters. The maximum Gasteiger partial charge on any atom is 0.191 e. The minimum Gasteiger partial charge on any atom is -0.370 e. The topological polar surface area (TPSA) is 44.9 Å². The third-order valence-corrected chi connectivity index (χ3v) is 5.66. The molecule has 21 heavy (non-hydrogen) atoms. The highest BCUT2D eigenvalue weighted by atomic mass is 15.3. The Morgan fingerprint density at radius 3 is 2.43 bits per heavy atom. The van der Waals surface area contributed by atoms with E-state index in [4.69, 9.17) is 10.7 Å². The van der Waals surface area contributed by atoms with E-state index in [9.17, 15) is 0 Å². The van der Waals surface area contributed by atoms with Gasteiger partial charge in [0.05, 0.1) is 6.54 Å². The van der Waals surface area contributed by atoms with Crippen LogP contribution in [0.3, 0.4) is 0 Å². The number of nitrogens with zero attached hydrogens (tertiary/aromatic N) is 3. The van der Waals surface area contributed by atoms with Gasteiger partial charge in [0.25, 0.3) is 0 Å². The van der Waals surface area contributed by atoms with Crippen LogP contribution in [0.5, 0.6) is 0 Å². The van der Waals surface area contributed by atoms with Crippen molar-refractivity contribution in [2.24, 2.45) is 22.6 Å². The van der Waals surface area contributed by atoms with Crippen molar-refractivity contribution in [1.82, 2.24) is 9.80 Å². The fourth-order valence-corrected chi connectivity index (χ4v) is 3.89. The molecule has 2 rings (SSSR count). The van der Waals surface area contributed by atoms with E-state index in [0.717, 1.165) is 37.4 Å². The molecule has 0 amide bonds. The van der Waals surface area contributed by atoms with Gasteiger partial charge in [-0.25, -0.2) is 0 Å². The Kier molecular flexibility index (Phi) is 5.53. The second-order valence-corrected chi connectivity index (χ2v) is 7.66. The molecule has 2 fully saturated rings. The van der Waals surface area contributed by atoms with Gasteiger partial charge in [0, 0.05) is 18.6 Å². The number of likely N-dealkylation sites (N-methyl/N-ethyl adjacent to an activating group) is 1. The van der Waals surface area contributed by atoms with E-state index in [-0.39, 0.29) is 5.54 Å². The number of aliphatic imine (C=N–C) groups is 1. The molecule has 4 heteroatoms. The van der Waals surface area contributed by atoms with Crippen LogP contribution in [0.25, 0.3) is 0 Å². The van der Waals surface area contributed by atoms with Crippen molar-refractivity contribution in [3.8, 4) is 0 Å². The molecule has 0 bridgehead atoms. The summed E-state index contributed by atoms with van der Waals surface area (Å²) in [6, 6.07) is 0. The molecule has 0 aromatic rings. The van der Waals surface area contributed by atoms with Gasteiger partial charge in [-0.15, -0.1) is 0 Å². The minimum atomic E-state index is 0.214. The van der Waals surface area contributed by atoms with Crippen molar-refractivity contribution in [3.05, 3.63) is 0 Å². The van der Waals surface area contributed by atoms with E-state index in [0.29, 0.717) is 0 Å². The highest BCUT2D eigenvalue weighted by molar-refractivity contribution is 5.78. The van der Waals surface area contributed by atoms with Gasteiger partial charge in [0.1, 0.15) is 0 Å². The summed E-state index contributed by atoms with van der Waals surface area (Å²) >= 11 is 0. The van der Waals surface area contributed by atoms with Crippen molar-refractivity contribution in [2.75, 3.05) is 33.7 Å². The van der Waals surface area contributed by atoms with Gasteiger partial charge in [-0.3, -0.25) is 4.99 Å². The van der Waals surface area contributed by atoms with E-state index in [1.165, 1.54) is 38.5 Å². The number of guanidine groups is 1. The number of hydrogen-bond acceptors (Lipinski definition) is 2. The van der Waals surface area contributed by atoms with Crippen molar-refractivity contribution in [3.63, 3.8) is 0 Å². The lowest BCUT2D eigenvalue weighted by atomic mass is 9.75. The first-order valence-electron chi connectivity index (χ1n) is 8.65. The third kappa shape index (κ3) is 4.12. The number of likely N-dealkylation sites (tertiary alicyclic amines) is 1. The Morgan fingerprint density at radius 1 is 1.19 bits per heavy atom. The van der Waals surface area contributed by atoms with E-state index in [2.05, 4.69) is 37.7 Å². The van der Waals surface area contributed by atoms with Gasteiger partial charge in [-0.2, -0.15) is 0 Å². The fourth-order valence-electron chi connectivity index (χ4n) is 3.89. The van der Waals surface area contributed by atoms with Crippen molar-refractivity contribution < 1.29 is 0 Å². The SMILES string of the molecule is CC1CCN(C(N)=NCC2(N(C)C)CCCC(C)C2)CC1. The first kappa shape index (κ1) is 16.6. The molecular weight excluding hydrogens is 260 g/mol. The van der Waals surface area contributed by atoms with Gasteiger partial charge < -0.3 is 15.5 Å². The summed E-state index contributed by atoms with van der Waals surface area (Å²) in [5.41, 5.74) is 6.48. The van der Waals surface area contributed by atoms with Gasteiger partial charge in [0.15, 0.2) is 5.96 Å². The second-order valence-electron chi connectivity index (χ2n) is 7.66. The smallest absolute Gasteiger partial charge is 0.191 e. The van der Waals surface area contributed by atoms with Crippen molar-refractivity contribution >= 4 is 5.96 Å². The highest BCUT2D eigenvalue weighted by Gasteiger charge is 2.37. The van der Waals surface area contributed by atoms with Crippen LogP contribution in [0, 0.1) is 11.8 Å². The molecule has 0 radical (unpaired) electrons. The predicted octanol–water partition coefficient (Wildman–Crippen LogP) is 2.54. The van der Waals surface area contributed by atoms with Gasteiger partial charge in [-0.1, -0.05) is 26.7 Å². The molecule has 2 atom stereocenters. The Morgan fingerprint density at radius 2 is 1.86 bits per heavy atom. The molecular formula is C17H34N4. The minimum absolute atomic E-state index is 0.214. The van der Waals surface area contributed by atoms with Crippen molar-refractivity contribution in [2.45, 2.75) is 57.9 Å². The zero-order valence-corrected chi connectivity index (χ0v) is 14.4. The lowest BCUT2D eigenvalue weighted by Gasteiger charge is -2.44. The van der Waals surface area contributed by atoms with E-state index < -0.39 is 0 Å². The average Bonchev–Trinajstić information content (AvgIpc) is 2.45. The van der Waals surface area contributed by atoms with Crippen LogP contribution in [-0.4, -0.2) is 55.0 Å². The number of piperidine rings is 1. The summed E-state index contributed by atoms with van der Waals surface area (Å²) in [7, 11) is 4.40. The van der Waals surface area contributed by atoms with Gasteiger partial charge in [0.2, 0.25) is 0 Å². The molecule has 0 aromatic carbocycles. The number of nitrogens with two attached hydrogens (primary N) is 1. The molecule has 4 nitrogen and oxygen atoms in total. The monoisotopic (exact) mass is 294 g/mol. The van der Waals surface area contributed by atoms with Crippen LogP contribution in [0.15, 0.2) is 4.99 Å². The van der Waals surface area contributed by atoms with E-state index in [1.807, 2.05) is 0 Å². The standard InChI is InChI=1S/C17H34N4/c1-14-7-10-21(11-8-14)16(18)19-13-17(20(3)4)9-5-6-15(2)12-17/h14-15H,5-13H2,1-4H3,(H2,18,19). The van der Waals surface area contributed by atoms with Crippen LogP contribution in [0.4, 0.5) is 0 Å². The molecule has 122 valence electrons. The van der Waals surface area contributed by atoms with E-state index in [1.54, 1.807) is 0 Å². The molecule has 1 saturated heterocycles. The molecule has 1 saturated carbocycles. The lowest BCUT2D eigenvalue weighted by molar-refractivity contribution is 0.0842. The maximum atomic E-state index is 6.26. The zero-order valence-electron chi connectivity index (χ0n) is 14.4. The van der Waals surface area contributed by atoms with Crippen molar-refractivity contribution in [1.29, 1.82) is 0 Å². The molecule has 2 N–H and O–H groups in total. The molecule has 1 aliphatic heterocycles. The largest absolute Gasteiger partial charge is 0.370 e.